The van der Waals surface area contributed by atoms with E-state index in [1.807, 2.05) is 0 Å². The molecular weight excluding hydrogens is 323 g/mol. The molecule has 0 aromatic carbocycles. The summed E-state index contributed by atoms with van der Waals surface area (Å²) in [4.78, 5) is 0. The van der Waals surface area contributed by atoms with Gasteiger partial charge in [0.05, 0.1) is 11.7 Å². The lowest BCUT2D eigenvalue weighted by Gasteiger charge is -2.04. The predicted molar refractivity (Wildman–Crippen MR) is 83.8 cm³/mol. The smallest absolute Gasteiger partial charge is 0.0960 e. The second-order valence-electron chi connectivity index (χ2n) is 5.48. The van der Waals surface area contributed by atoms with E-state index in [2.05, 4.69) is 62.4 Å². The Morgan fingerprint density at radius 3 is 2.47 bits per heavy atom. The van der Waals surface area contributed by atoms with Gasteiger partial charge in [0.2, 0.25) is 0 Å². The second kappa shape index (κ2) is 6.93. The number of halogens is 1. The van der Waals surface area contributed by atoms with Gasteiger partial charge in [-0.05, 0) is 53.4 Å². The van der Waals surface area contributed by atoms with Crippen molar-refractivity contribution < 1.29 is 4.74 Å². The van der Waals surface area contributed by atoms with Crippen LogP contribution in [-0.2, 0) is 4.74 Å². The average Bonchev–Trinajstić information content (AvgIpc) is 2.89. The van der Waals surface area contributed by atoms with Gasteiger partial charge in [-0.15, -0.1) is 0 Å². The van der Waals surface area contributed by atoms with Crippen molar-refractivity contribution in [1.29, 1.82) is 0 Å². The second-order valence-corrected chi connectivity index (χ2v) is 6.36. The number of hydrogen-bond donors (Lipinski definition) is 0. The maximum Gasteiger partial charge on any atom is 0.0960 e. The molecule has 1 rings (SSSR count). The molecule has 17 heavy (non-hydrogen) atoms. The van der Waals surface area contributed by atoms with Gasteiger partial charge >= 0.3 is 0 Å². The molecule has 0 aromatic heterocycles. The predicted octanol–water partition coefficient (Wildman–Crippen LogP) is 5.05. The normalized spacial score (nSPS) is 28.1. The van der Waals surface area contributed by atoms with Crippen LogP contribution in [0.15, 0.2) is 23.3 Å². The highest BCUT2D eigenvalue weighted by molar-refractivity contribution is 14.1. The minimum Gasteiger partial charge on any atom is -0.366 e. The zero-order valence-electron chi connectivity index (χ0n) is 11.6. The lowest BCUT2D eigenvalue weighted by atomic mass is 10.0. The minimum absolute atomic E-state index is 0.178. The molecule has 0 spiro atoms. The van der Waals surface area contributed by atoms with Gasteiger partial charge in [-0.1, -0.05) is 45.9 Å². The maximum atomic E-state index is 5.70. The maximum absolute atomic E-state index is 5.70. The third-order valence-corrected chi connectivity index (χ3v) is 4.20. The first kappa shape index (κ1) is 15.2. The van der Waals surface area contributed by atoms with Crippen molar-refractivity contribution in [2.24, 2.45) is 0 Å². The Morgan fingerprint density at radius 2 is 1.94 bits per heavy atom. The van der Waals surface area contributed by atoms with Gasteiger partial charge in [-0.2, -0.15) is 0 Å². The Bertz CT molecular complexity index is 302. The molecule has 1 aliphatic rings. The molecule has 1 fully saturated rings. The Labute approximate surface area is 120 Å². The standard InChI is InChI=1S/C15H25IO/c1-12(2)7-5-8-13(3)9-6-10-15(4)14(11-16)17-15/h7,9,14H,5-6,8,10-11H2,1-4H3/b13-9+. The van der Waals surface area contributed by atoms with E-state index >= 15 is 0 Å². The van der Waals surface area contributed by atoms with Crippen LogP contribution in [0.1, 0.15) is 53.4 Å². The fourth-order valence-corrected chi connectivity index (χ4v) is 3.11. The first-order valence-corrected chi connectivity index (χ1v) is 8.03. The van der Waals surface area contributed by atoms with E-state index in [-0.39, 0.29) is 5.60 Å². The Morgan fingerprint density at radius 1 is 1.24 bits per heavy atom. The number of ether oxygens (including phenoxy) is 1. The third-order valence-electron chi connectivity index (χ3n) is 3.40. The highest BCUT2D eigenvalue weighted by atomic mass is 127. The summed E-state index contributed by atoms with van der Waals surface area (Å²) in [6.07, 6.45) is 9.89. The van der Waals surface area contributed by atoms with Gasteiger partial charge in [0.1, 0.15) is 0 Å². The van der Waals surface area contributed by atoms with Gasteiger partial charge in [-0.3, -0.25) is 0 Å². The molecule has 1 saturated heterocycles. The molecule has 0 saturated carbocycles. The van der Waals surface area contributed by atoms with E-state index in [9.17, 15) is 0 Å². The molecule has 0 aromatic rings. The molecule has 1 heterocycles. The molecule has 0 N–H and O–H groups in total. The van der Waals surface area contributed by atoms with Crippen molar-refractivity contribution >= 4 is 22.6 Å². The number of rotatable bonds is 7. The largest absolute Gasteiger partial charge is 0.366 e. The molecule has 0 amide bonds. The van der Waals surface area contributed by atoms with E-state index in [1.165, 1.54) is 30.4 Å². The summed E-state index contributed by atoms with van der Waals surface area (Å²) < 4.78 is 6.82. The molecule has 1 nitrogen and oxygen atoms in total. The lowest BCUT2D eigenvalue weighted by molar-refractivity contribution is 0.301. The number of alkyl halides is 1. The summed E-state index contributed by atoms with van der Waals surface area (Å²) in [5.41, 5.74) is 3.11. The van der Waals surface area contributed by atoms with Crippen LogP contribution in [0.4, 0.5) is 0 Å². The molecule has 98 valence electrons. The van der Waals surface area contributed by atoms with Crippen molar-refractivity contribution in [2.75, 3.05) is 4.43 Å². The minimum atomic E-state index is 0.178. The SMILES string of the molecule is CC(C)=CCC/C(C)=C/CCC1(C)OC1CI. The van der Waals surface area contributed by atoms with E-state index in [1.54, 1.807) is 0 Å². The number of hydrogen-bond acceptors (Lipinski definition) is 1. The Hall–Kier alpha value is 0.170. The van der Waals surface area contributed by atoms with Crippen molar-refractivity contribution in [2.45, 2.75) is 65.1 Å². The summed E-state index contributed by atoms with van der Waals surface area (Å²) in [6, 6.07) is 0. The fraction of sp³-hybridized carbons (Fsp3) is 0.733. The van der Waals surface area contributed by atoms with Crippen LogP contribution in [0, 0.1) is 0 Å². The first-order valence-electron chi connectivity index (χ1n) is 6.50. The van der Waals surface area contributed by atoms with Crippen LogP contribution in [0.2, 0.25) is 0 Å². The molecule has 0 aliphatic carbocycles. The van der Waals surface area contributed by atoms with Gasteiger partial charge < -0.3 is 4.74 Å². The van der Waals surface area contributed by atoms with Crippen LogP contribution < -0.4 is 0 Å². The first-order chi connectivity index (χ1) is 7.98. The molecule has 2 heteroatoms. The molecule has 2 unspecified atom stereocenters. The van der Waals surface area contributed by atoms with E-state index < -0.39 is 0 Å². The fourth-order valence-electron chi connectivity index (χ4n) is 2.00. The highest BCUT2D eigenvalue weighted by Crippen LogP contribution is 2.41. The highest BCUT2D eigenvalue weighted by Gasteiger charge is 2.50. The summed E-state index contributed by atoms with van der Waals surface area (Å²) in [7, 11) is 0. The monoisotopic (exact) mass is 348 g/mol. The average molecular weight is 348 g/mol. The van der Waals surface area contributed by atoms with Gasteiger partial charge in [0.15, 0.2) is 0 Å². The van der Waals surface area contributed by atoms with Crippen LogP contribution in [-0.4, -0.2) is 16.1 Å². The van der Waals surface area contributed by atoms with Crippen molar-refractivity contribution in [3.8, 4) is 0 Å². The van der Waals surface area contributed by atoms with Crippen LogP contribution in [0.5, 0.6) is 0 Å². The summed E-state index contributed by atoms with van der Waals surface area (Å²) in [5.74, 6) is 0. The summed E-state index contributed by atoms with van der Waals surface area (Å²) in [6.45, 7) is 8.80. The summed E-state index contributed by atoms with van der Waals surface area (Å²) in [5, 5.41) is 0. The van der Waals surface area contributed by atoms with Gasteiger partial charge in [0.25, 0.3) is 0 Å². The van der Waals surface area contributed by atoms with Gasteiger partial charge in [0, 0.05) is 4.43 Å². The van der Waals surface area contributed by atoms with E-state index in [4.69, 9.17) is 4.74 Å². The van der Waals surface area contributed by atoms with Crippen molar-refractivity contribution in [3.63, 3.8) is 0 Å². The topological polar surface area (TPSA) is 12.5 Å². The van der Waals surface area contributed by atoms with Gasteiger partial charge in [-0.25, -0.2) is 0 Å². The van der Waals surface area contributed by atoms with Crippen LogP contribution >= 0.6 is 22.6 Å². The van der Waals surface area contributed by atoms with E-state index in [0.29, 0.717) is 6.10 Å². The van der Waals surface area contributed by atoms with Crippen molar-refractivity contribution in [1.82, 2.24) is 0 Å². The van der Waals surface area contributed by atoms with Crippen molar-refractivity contribution in [3.05, 3.63) is 23.3 Å². The number of allylic oxidation sites excluding steroid dienone is 4. The summed E-state index contributed by atoms with van der Waals surface area (Å²) >= 11 is 2.41. The molecule has 0 bridgehead atoms. The van der Waals surface area contributed by atoms with Crippen LogP contribution in [0.25, 0.3) is 0 Å². The van der Waals surface area contributed by atoms with Crippen LogP contribution in [0.3, 0.4) is 0 Å². The molecule has 0 radical (unpaired) electrons. The lowest BCUT2D eigenvalue weighted by Crippen LogP contribution is -2.09. The Balaban J connectivity index is 2.18. The molecular formula is C15H25IO. The van der Waals surface area contributed by atoms with E-state index in [0.717, 1.165) is 10.8 Å². The zero-order chi connectivity index (χ0) is 12.9. The quantitative estimate of drug-likeness (QED) is 0.271. The molecule has 1 aliphatic heterocycles. The Kier molecular flexibility index (Phi) is 6.21. The molecule has 2 atom stereocenters. The third kappa shape index (κ3) is 5.56. The zero-order valence-corrected chi connectivity index (χ0v) is 13.7. The number of epoxide rings is 1.